The van der Waals surface area contributed by atoms with Gasteiger partial charge in [0, 0.05) is 28.8 Å². The van der Waals surface area contributed by atoms with Crippen LogP contribution in [-0.2, 0) is 17.7 Å². The SMILES string of the molecule is COC(=O)c1cccc(-c2ccc3c(c2)N(Cc2ccc(Cl)cc2Cl)CC3)c1. The lowest BCUT2D eigenvalue weighted by atomic mass is 10.0. The van der Waals surface area contributed by atoms with Crippen LogP contribution in [0.2, 0.25) is 10.0 Å². The van der Waals surface area contributed by atoms with E-state index < -0.39 is 0 Å². The molecule has 28 heavy (non-hydrogen) atoms. The molecule has 3 aromatic carbocycles. The third kappa shape index (κ3) is 3.73. The number of esters is 1. The van der Waals surface area contributed by atoms with Gasteiger partial charge in [-0.3, -0.25) is 0 Å². The van der Waals surface area contributed by atoms with E-state index in [1.54, 1.807) is 12.1 Å². The molecule has 0 saturated carbocycles. The van der Waals surface area contributed by atoms with Gasteiger partial charge in [0.05, 0.1) is 12.7 Å². The Morgan fingerprint density at radius 1 is 1.04 bits per heavy atom. The van der Waals surface area contributed by atoms with Gasteiger partial charge in [-0.1, -0.05) is 53.5 Å². The van der Waals surface area contributed by atoms with E-state index in [-0.39, 0.29) is 5.97 Å². The molecule has 1 heterocycles. The molecule has 0 N–H and O–H groups in total. The molecule has 0 amide bonds. The Bertz CT molecular complexity index is 1050. The summed E-state index contributed by atoms with van der Waals surface area (Å²) >= 11 is 12.4. The van der Waals surface area contributed by atoms with Crippen molar-refractivity contribution in [2.24, 2.45) is 0 Å². The van der Waals surface area contributed by atoms with Crippen LogP contribution in [0.3, 0.4) is 0 Å². The monoisotopic (exact) mass is 411 g/mol. The molecule has 0 saturated heterocycles. The van der Waals surface area contributed by atoms with Crippen molar-refractivity contribution in [3.05, 3.63) is 87.4 Å². The zero-order valence-electron chi connectivity index (χ0n) is 15.4. The third-order valence-electron chi connectivity index (χ3n) is 5.07. The largest absolute Gasteiger partial charge is 0.465 e. The van der Waals surface area contributed by atoms with Gasteiger partial charge in [-0.15, -0.1) is 0 Å². The predicted octanol–water partition coefficient (Wildman–Crippen LogP) is 6.01. The van der Waals surface area contributed by atoms with Crippen molar-refractivity contribution in [3.63, 3.8) is 0 Å². The number of rotatable bonds is 4. The van der Waals surface area contributed by atoms with E-state index in [1.165, 1.54) is 18.4 Å². The topological polar surface area (TPSA) is 29.5 Å². The summed E-state index contributed by atoms with van der Waals surface area (Å²) in [6, 6.07) is 19.6. The summed E-state index contributed by atoms with van der Waals surface area (Å²) in [5, 5.41) is 1.33. The average molecular weight is 412 g/mol. The fourth-order valence-corrected chi connectivity index (χ4v) is 4.06. The summed E-state index contributed by atoms with van der Waals surface area (Å²) < 4.78 is 4.84. The number of carbonyl (C=O) groups is 1. The number of anilines is 1. The molecular weight excluding hydrogens is 393 g/mol. The number of hydrogen-bond acceptors (Lipinski definition) is 3. The molecule has 0 atom stereocenters. The summed E-state index contributed by atoms with van der Waals surface area (Å²) in [4.78, 5) is 14.2. The number of halogens is 2. The maximum Gasteiger partial charge on any atom is 0.337 e. The molecule has 3 nitrogen and oxygen atoms in total. The van der Waals surface area contributed by atoms with Gasteiger partial charge >= 0.3 is 5.97 Å². The average Bonchev–Trinajstić information content (AvgIpc) is 3.11. The first-order chi connectivity index (χ1) is 13.5. The number of benzene rings is 3. The Labute approximate surface area is 174 Å². The first-order valence-electron chi connectivity index (χ1n) is 9.06. The van der Waals surface area contributed by atoms with Crippen LogP contribution in [0.25, 0.3) is 11.1 Å². The molecule has 0 aliphatic carbocycles. The maximum absolute atomic E-state index is 11.8. The van der Waals surface area contributed by atoms with Gasteiger partial charge in [0.1, 0.15) is 0 Å². The second kappa shape index (κ2) is 7.86. The highest BCUT2D eigenvalue weighted by Gasteiger charge is 2.21. The number of carbonyl (C=O) groups excluding carboxylic acids is 1. The predicted molar refractivity (Wildman–Crippen MR) is 114 cm³/mol. The number of nitrogens with zero attached hydrogens (tertiary/aromatic N) is 1. The highest BCUT2D eigenvalue weighted by molar-refractivity contribution is 6.35. The minimum atomic E-state index is -0.331. The zero-order valence-corrected chi connectivity index (χ0v) is 16.9. The molecular formula is C23H19Cl2NO2. The molecule has 142 valence electrons. The summed E-state index contributed by atoms with van der Waals surface area (Å²) in [6.07, 6.45) is 1.00. The smallest absolute Gasteiger partial charge is 0.337 e. The van der Waals surface area contributed by atoms with E-state index in [0.29, 0.717) is 15.6 Å². The van der Waals surface area contributed by atoms with Crippen LogP contribution in [0, 0.1) is 0 Å². The minimum absolute atomic E-state index is 0.331. The van der Waals surface area contributed by atoms with Crippen molar-refractivity contribution in [2.45, 2.75) is 13.0 Å². The van der Waals surface area contributed by atoms with Crippen LogP contribution >= 0.6 is 23.2 Å². The van der Waals surface area contributed by atoms with Crippen LogP contribution in [0.5, 0.6) is 0 Å². The normalized spacial score (nSPS) is 12.8. The number of hydrogen-bond donors (Lipinski definition) is 0. The van der Waals surface area contributed by atoms with Gasteiger partial charge in [0.2, 0.25) is 0 Å². The third-order valence-corrected chi connectivity index (χ3v) is 5.66. The zero-order chi connectivity index (χ0) is 19.7. The van der Waals surface area contributed by atoms with E-state index >= 15 is 0 Å². The number of methoxy groups -OCH3 is 1. The number of fused-ring (bicyclic) bond motifs is 1. The Morgan fingerprint density at radius 3 is 2.64 bits per heavy atom. The fourth-order valence-electron chi connectivity index (χ4n) is 3.59. The molecule has 0 aromatic heterocycles. The molecule has 0 radical (unpaired) electrons. The van der Waals surface area contributed by atoms with Crippen molar-refractivity contribution >= 4 is 34.9 Å². The van der Waals surface area contributed by atoms with Crippen LogP contribution in [0.15, 0.2) is 60.7 Å². The molecule has 5 heteroatoms. The Kier molecular flexibility index (Phi) is 5.29. The molecule has 1 aliphatic rings. The summed E-state index contributed by atoms with van der Waals surface area (Å²) in [6.45, 7) is 1.68. The van der Waals surface area contributed by atoms with E-state index in [2.05, 4.69) is 23.1 Å². The Hall–Kier alpha value is -2.49. The molecule has 0 spiro atoms. The van der Waals surface area contributed by atoms with E-state index in [4.69, 9.17) is 27.9 Å². The summed E-state index contributed by atoms with van der Waals surface area (Å²) in [5.74, 6) is -0.331. The van der Waals surface area contributed by atoms with Crippen molar-refractivity contribution in [3.8, 4) is 11.1 Å². The second-order valence-electron chi connectivity index (χ2n) is 6.82. The fraction of sp³-hybridized carbons (Fsp3) is 0.174. The van der Waals surface area contributed by atoms with Crippen molar-refractivity contribution in [2.75, 3.05) is 18.6 Å². The molecule has 0 fully saturated rings. The lowest BCUT2D eigenvalue weighted by molar-refractivity contribution is 0.0601. The Morgan fingerprint density at radius 2 is 1.86 bits per heavy atom. The summed E-state index contributed by atoms with van der Waals surface area (Å²) in [5.41, 5.74) is 6.17. The van der Waals surface area contributed by atoms with E-state index in [9.17, 15) is 4.79 Å². The van der Waals surface area contributed by atoms with Gasteiger partial charge in [-0.25, -0.2) is 4.79 Å². The number of ether oxygens (including phenoxy) is 1. The quantitative estimate of drug-likeness (QED) is 0.492. The second-order valence-corrected chi connectivity index (χ2v) is 7.67. The van der Waals surface area contributed by atoms with Gasteiger partial charge < -0.3 is 9.64 Å². The van der Waals surface area contributed by atoms with Crippen molar-refractivity contribution in [1.29, 1.82) is 0 Å². The van der Waals surface area contributed by atoms with E-state index in [0.717, 1.165) is 36.2 Å². The van der Waals surface area contributed by atoms with Gasteiger partial charge in [0.15, 0.2) is 0 Å². The summed E-state index contributed by atoms with van der Waals surface area (Å²) in [7, 11) is 1.39. The first kappa shape index (κ1) is 18.9. The van der Waals surface area contributed by atoms with Gasteiger partial charge in [0.25, 0.3) is 0 Å². The molecule has 0 unspecified atom stereocenters. The van der Waals surface area contributed by atoms with Crippen molar-refractivity contribution in [1.82, 2.24) is 0 Å². The lowest BCUT2D eigenvalue weighted by Crippen LogP contribution is -2.19. The standard InChI is InChI=1S/C23H19Cl2NO2/c1-28-23(27)18-4-2-3-16(11-18)17-6-5-15-9-10-26(22(15)12-17)14-19-7-8-20(24)13-21(19)25/h2-8,11-13H,9-10,14H2,1H3. The van der Waals surface area contributed by atoms with E-state index in [1.807, 2.05) is 30.3 Å². The molecule has 4 rings (SSSR count). The van der Waals surface area contributed by atoms with Crippen LogP contribution < -0.4 is 4.90 Å². The first-order valence-corrected chi connectivity index (χ1v) is 9.81. The van der Waals surface area contributed by atoms with Gasteiger partial charge in [-0.05, 0) is 59.0 Å². The highest BCUT2D eigenvalue weighted by Crippen LogP contribution is 2.35. The minimum Gasteiger partial charge on any atom is -0.465 e. The van der Waals surface area contributed by atoms with Crippen molar-refractivity contribution < 1.29 is 9.53 Å². The van der Waals surface area contributed by atoms with Crippen LogP contribution in [-0.4, -0.2) is 19.6 Å². The molecule has 1 aliphatic heterocycles. The maximum atomic E-state index is 11.8. The van der Waals surface area contributed by atoms with Crippen LogP contribution in [0.1, 0.15) is 21.5 Å². The lowest BCUT2D eigenvalue weighted by Gasteiger charge is -2.21. The van der Waals surface area contributed by atoms with Gasteiger partial charge in [-0.2, -0.15) is 0 Å². The van der Waals surface area contributed by atoms with Crippen LogP contribution in [0.4, 0.5) is 5.69 Å². The Balaban J connectivity index is 1.65. The highest BCUT2D eigenvalue weighted by atomic mass is 35.5. The molecule has 0 bridgehead atoms. The molecule has 3 aromatic rings.